The maximum absolute atomic E-state index is 11.8. The van der Waals surface area contributed by atoms with E-state index in [0.717, 1.165) is 4.90 Å². The molecular weight excluding hydrogens is 250 g/mol. The van der Waals surface area contributed by atoms with Gasteiger partial charge in [0.2, 0.25) is 0 Å². The lowest BCUT2D eigenvalue weighted by atomic mass is 10.1. The molecule has 1 aliphatic rings. The highest BCUT2D eigenvalue weighted by molar-refractivity contribution is 6.04. The maximum Gasteiger partial charge on any atom is 0.326 e. The number of fused-ring (bicyclic) bond motifs is 1. The number of Topliss-reactive ketones (excluding diaryl/α,β-unsaturated/α-hetero) is 1. The SMILES string of the molecule is CC(=O)c1ccc2c(c1)N([C@H](C)C(=O)O)C(=O)CO2. The summed E-state index contributed by atoms with van der Waals surface area (Å²) in [7, 11) is 0. The van der Waals surface area contributed by atoms with Crippen molar-refractivity contribution in [1.29, 1.82) is 0 Å². The molecular formula is C13H13NO5. The van der Waals surface area contributed by atoms with E-state index >= 15 is 0 Å². The zero-order valence-corrected chi connectivity index (χ0v) is 10.5. The average Bonchev–Trinajstić information content (AvgIpc) is 2.37. The van der Waals surface area contributed by atoms with E-state index in [0.29, 0.717) is 17.0 Å². The zero-order chi connectivity index (χ0) is 14.2. The molecule has 0 aromatic heterocycles. The number of anilines is 1. The number of amides is 1. The van der Waals surface area contributed by atoms with Crippen LogP contribution in [0.15, 0.2) is 18.2 Å². The summed E-state index contributed by atoms with van der Waals surface area (Å²) >= 11 is 0. The largest absolute Gasteiger partial charge is 0.482 e. The first kappa shape index (κ1) is 13.1. The van der Waals surface area contributed by atoms with E-state index in [1.54, 1.807) is 12.1 Å². The average molecular weight is 263 g/mol. The van der Waals surface area contributed by atoms with Crippen molar-refractivity contribution >= 4 is 23.3 Å². The summed E-state index contributed by atoms with van der Waals surface area (Å²) in [4.78, 5) is 35.4. The Bertz CT molecular complexity index is 566. The number of carboxylic acid groups (broad SMARTS) is 1. The first-order valence-corrected chi connectivity index (χ1v) is 5.74. The van der Waals surface area contributed by atoms with E-state index in [1.165, 1.54) is 19.9 Å². The van der Waals surface area contributed by atoms with Gasteiger partial charge in [0.1, 0.15) is 11.8 Å². The van der Waals surface area contributed by atoms with Gasteiger partial charge in [-0.15, -0.1) is 0 Å². The number of ether oxygens (including phenoxy) is 1. The lowest BCUT2D eigenvalue weighted by Gasteiger charge is -2.32. The zero-order valence-electron chi connectivity index (χ0n) is 10.5. The molecule has 0 unspecified atom stereocenters. The number of hydrogen-bond acceptors (Lipinski definition) is 4. The summed E-state index contributed by atoms with van der Waals surface area (Å²) in [6.07, 6.45) is 0. The minimum absolute atomic E-state index is 0.163. The van der Waals surface area contributed by atoms with Gasteiger partial charge in [-0.3, -0.25) is 14.5 Å². The summed E-state index contributed by atoms with van der Waals surface area (Å²) in [6.45, 7) is 2.61. The van der Waals surface area contributed by atoms with Crippen LogP contribution in [0.4, 0.5) is 5.69 Å². The molecule has 6 nitrogen and oxygen atoms in total. The van der Waals surface area contributed by atoms with Crippen molar-refractivity contribution < 1.29 is 24.2 Å². The molecule has 0 bridgehead atoms. The number of carbonyl (C=O) groups is 3. The molecule has 1 N–H and O–H groups in total. The summed E-state index contributed by atoms with van der Waals surface area (Å²) in [6, 6.07) is 3.62. The number of rotatable bonds is 3. The second-order valence-corrected chi connectivity index (χ2v) is 4.31. The number of hydrogen-bond donors (Lipinski definition) is 1. The Hall–Kier alpha value is -2.37. The third-order valence-corrected chi connectivity index (χ3v) is 2.99. The van der Waals surface area contributed by atoms with Gasteiger partial charge in [0.25, 0.3) is 5.91 Å². The highest BCUT2D eigenvalue weighted by atomic mass is 16.5. The van der Waals surface area contributed by atoms with Crippen molar-refractivity contribution in [2.45, 2.75) is 19.9 Å². The Kier molecular flexibility index (Phi) is 3.25. The summed E-state index contributed by atoms with van der Waals surface area (Å²) < 4.78 is 5.24. The Morgan fingerprint density at radius 1 is 1.42 bits per heavy atom. The molecule has 100 valence electrons. The van der Waals surface area contributed by atoms with Crippen LogP contribution in [0.5, 0.6) is 5.75 Å². The van der Waals surface area contributed by atoms with Gasteiger partial charge < -0.3 is 9.84 Å². The van der Waals surface area contributed by atoms with Gasteiger partial charge in [-0.05, 0) is 32.0 Å². The standard InChI is InChI=1S/C13H13NO5/c1-7(13(17)18)14-10-5-9(8(2)15)3-4-11(10)19-6-12(14)16/h3-5,7H,6H2,1-2H3,(H,17,18)/t7-/m1/s1. The van der Waals surface area contributed by atoms with E-state index in [1.807, 2.05) is 0 Å². The Labute approximate surface area is 109 Å². The van der Waals surface area contributed by atoms with Crippen molar-refractivity contribution in [2.24, 2.45) is 0 Å². The Balaban J connectivity index is 2.53. The van der Waals surface area contributed by atoms with Gasteiger partial charge in [0.15, 0.2) is 12.4 Å². The van der Waals surface area contributed by atoms with Gasteiger partial charge in [-0.25, -0.2) is 4.79 Å². The normalized spacial score (nSPS) is 15.5. The molecule has 1 amide bonds. The molecule has 1 atom stereocenters. The molecule has 6 heteroatoms. The lowest BCUT2D eigenvalue weighted by Crippen LogP contribution is -2.48. The molecule has 2 rings (SSSR count). The first-order valence-electron chi connectivity index (χ1n) is 5.74. The van der Waals surface area contributed by atoms with Crippen molar-refractivity contribution in [3.8, 4) is 5.75 Å². The molecule has 0 spiro atoms. The molecule has 1 heterocycles. The molecule has 0 saturated carbocycles. The predicted molar refractivity (Wildman–Crippen MR) is 66.5 cm³/mol. The van der Waals surface area contributed by atoms with Crippen molar-refractivity contribution in [3.05, 3.63) is 23.8 Å². The molecule has 1 aromatic carbocycles. The monoisotopic (exact) mass is 263 g/mol. The molecule has 0 saturated heterocycles. The number of carboxylic acids is 1. The fraction of sp³-hybridized carbons (Fsp3) is 0.308. The third-order valence-electron chi connectivity index (χ3n) is 2.99. The van der Waals surface area contributed by atoms with Gasteiger partial charge >= 0.3 is 5.97 Å². The highest BCUT2D eigenvalue weighted by Gasteiger charge is 2.33. The van der Waals surface area contributed by atoms with Crippen LogP contribution in [0.25, 0.3) is 0 Å². The quantitative estimate of drug-likeness (QED) is 0.825. The lowest BCUT2D eigenvalue weighted by molar-refractivity contribution is -0.140. The topological polar surface area (TPSA) is 83.9 Å². The molecule has 0 radical (unpaired) electrons. The second-order valence-electron chi connectivity index (χ2n) is 4.31. The van der Waals surface area contributed by atoms with Crippen LogP contribution in [-0.4, -0.2) is 35.4 Å². The summed E-state index contributed by atoms with van der Waals surface area (Å²) in [5.41, 5.74) is 0.721. The minimum atomic E-state index is -1.12. The van der Waals surface area contributed by atoms with Crippen LogP contribution < -0.4 is 9.64 Å². The molecule has 0 aliphatic carbocycles. The fourth-order valence-corrected chi connectivity index (χ4v) is 1.93. The maximum atomic E-state index is 11.8. The van der Waals surface area contributed by atoms with Gasteiger partial charge in [-0.2, -0.15) is 0 Å². The van der Waals surface area contributed by atoms with Gasteiger partial charge in [0.05, 0.1) is 5.69 Å². The van der Waals surface area contributed by atoms with Crippen molar-refractivity contribution in [2.75, 3.05) is 11.5 Å². The van der Waals surface area contributed by atoms with E-state index in [9.17, 15) is 14.4 Å². The number of aliphatic carboxylic acids is 1. The second kappa shape index (κ2) is 4.72. The van der Waals surface area contributed by atoms with Crippen molar-refractivity contribution in [1.82, 2.24) is 0 Å². The molecule has 0 fully saturated rings. The van der Waals surface area contributed by atoms with Crippen LogP contribution >= 0.6 is 0 Å². The van der Waals surface area contributed by atoms with E-state index in [2.05, 4.69) is 0 Å². The van der Waals surface area contributed by atoms with E-state index < -0.39 is 17.9 Å². The van der Waals surface area contributed by atoms with Gasteiger partial charge in [-0.1, -0.05) is 0 Å². The summed E-state index contributed by atoms with van der Waals surface area (Å²) in [5.74, 6) is -1.32. The Morgan fingerprint density at radius 3 is 2.68 bits per heavy atom. The van der Waals surface area contributed by atoms with Crippen LogP contribution in [-0.2, 0) is 9.59 Å². The van der Waals surface area contributed by atoms with Crippen LogP contribution in [0.3, 0.4) is 0 Å². The predicted octanol–water partition coefficient (Wildman–Crippen LogP) is 1.09. The van der Waals surface area contributed by atoms with Crippen LogP contribution in [0.1, 0.15) is 24.2 Å². The molecule has 1 aliphatic heterocycles. The first-order chi connectivity index (χ1) is 8.91. The minimum Gasteiger partial charge on any atom is -0.482 e. The number of ketones is 1. The Morgan fingerprint density at radius 2 is 2.11 bits per heavy atom. The van der Waals surface area contributed by atoms with Crippen molar-refractivity contribution in [3.63, 3.8) is 0 Å². The summed E-state index contributed by atoms with van der Waals surface area (Å²) in [5, 5.41) is 9.05. The van der Waals surface area contributed by atoms with E-state index in [-0.39, 0.29) is 12.4 Å². The molecule has 1 aromatic rings. The van der Waals surface area contributed by atoms with Crippen LogP contribution in [0, 0.1) is 0 Å². The van der Waals surface area contributed by atoms with Gasteiger partial charge in [0, 0.05) is 5.56 Å². The number of benzene rings is 1. The fourth-order valence-electron chi connectivity index (χ4n) is 1.93. The number of carbonyl (C=O) groups excluding carboxylic acids is 2. The third kappa shape index (κ3) is 2.29. The number of nitrogens with zero attached hydrogens (tertiary/aromatic N) is 1. The molecule has 19 heavy (non-hydrogen) atoms. The van der Waals surface area contributed by atoms with Crippen LogP contribution in [0.2, 0.25) is 0 Å². The van der Waals surface area contributed by atoms with E-state index in [4.69, 9.17) is 9.84 Å². The highest BCUT2D eigenvalue weighted by Crippen LogP contribution is 2.34. The smallest absolute Gasteiger partial charge is 0.326 e.